The summed E-state index contributed by atoms with van der Waals surface area (Å²) in [6, 6.07) is 17.5. The maximum atomic E-state index is 12.9. The molecule has 0 amide bonds. The molecule has 1 heterocycles. The number of para-hydroxylation sites is 1. The quantitative estimate of drug-likeness (QED) is 0.879. The van der Waals surface area contributed by atoms with Crippen LogP contribution in [0.1, 0.15) is 18.4 Å². The molecule has 120 valence electrons. The minimum absolute atomic E-state index is 0.187. The first-order chi connectivity index (χ1) is 11.3. The molecule has 0 saturated carbocycles. The lowest BCUT2D eigenvalue weighted by Gasteiger charge is -2.33. The van der Waals surface area contributed by atoms with E-state index in [0.717, 1.165) is 25.2 Å². The SMILES string of the molecule is Fc1ccc(/C=C/CN2CCC[C@H](Nc3ccccc3)C2)cc1. The van der Waals surface area contributed by atoms with Crippen LogP contribution in [0.25, 0.3) is 6.08 Å². The van der Waals surface area contributed by atoms with Crippen LogP contribution in [0, 0.1) is 5.82 Å². The van der Waals surface area contributed by atoms with E-state index in [0.29, 0.717) is 6.04 Å². The molecule has 0 spiro atoms. The number of benzene rings is 2. The van der Waals surface area contributed by atoms with Crippen molar-refractivity contribution in [3.8, 4) is 0 Å². The van der Waals surface area contributed by atoms with Crippen LogP contribution in [0.15, 0.2) is 60.7 Å². The van der Waals surface area contributed by atoms with Crippen molar-refractivity contribution in [3.63, 3.8) is 0 Å². The second-order valence-electron chi connectivity index (χ2n) is 6.06. The zero-order valence-corrected chi connectivity index (χ0v) is 13.3. The molecular formula is C20H23FN2. The van der Waals surface area contributed by atoms with Crippen molar-refractivity contribution in [2.45, 2.75) is 18.9 Å². The van der Waals surface area contributed by atoms with Gasteiger partial charge in [-0.3, -0.25) is 4.90 Å². The van der Waals surface area contributed by atoms with Gasteiger partial charge in [0, 0.05) is 24.8 Å². The largest absolute Gasteiger partial charge is 0.381 e. The van der Waals surface area contributed by atoms with Gasteiger partial charge in [-0.15, -0.1) is 0 Å². The van der Waals surface area contributed by atoms with Crippen molar-refractivity contribution >= 4 is 11.8 Å². The third-order valence-corrected chi connectivity index (χ3v) is 4.19. The molecule has 2 aromatic rings. The smallest absolute Gasteiger partial charge is 0.123 e. The van der Waals surface area contributed by atoms with Crippen molar-refractivity contribution in [2.75, 3.05) is 25.0 Å². The third kappa shape index (κ3) is 4.93. The number of anilines is 1. The Labute approximate surface area is 137 Å². The molecule has 2 nitrogen and oxygen atoms in total. The van der Waals surface area contributed by atoms with Gasteiger partial charge >= 0.3 is 0 Å². The Balaban J connectivity index is 1.49. The number of likely N-dealkylation sites (tertiary alicyclic amines) is 1. The van der Waals surface area contributed by atoms with Gasteiger partial charge in [0.15, 0.2) is 0 Å². The molecule has 1 saturated heterocycles. The first-order valence-corrected chi connectivity index (χ1v) is 8.26. The average Bonchev–Trinajstić information content (AvgIpc) is 2.58. The average molecular weight is 310 g/mol. The summed E-state index contributed by atoms with van der Waals surface area (Å²) in [5.74, 6) is -0.187. The van der Waals surface area contributed by atoms with Gasteiger partial charge in [-0.25, -0.2) is 4.39 Å². The van der Waals surface area contributed by atoms with Gasteiger partial charge in [0.25, 0.3) is 0 Å². The van der Waals surface area contributed by atoms with Crippen molar-refractivity contribution in [3.05, 3.63) is 72.1 Å². The third-order valence-electron chi connectivity index (χ3n) is 4.19. The maximum absolute atomic E-state index is 12.9. The Morgan fingerprint density at radius 2 is 1.87 bits per heavy atom. The molecule has 1 atom stereocenters. The molecule has 1 fully saturated rings. The molecule has 1 aliphatic heterocycles. The number of hydrogen-bond acceptors (Lipinski definition) is 2. The Bertz CT molecular complexity index is 622. The van der Waals surface area contributed by atoms with Crippen LogP contribution in [0.5, 0.6) is 0 Å². The van der Waals surface area contributed by atoms with Gasteiger partial charge < -0.3 is 5.32 Å². The number of hydrogen-bond donors (Lipinski definition) is 1. The minimum atomic E-state index is -0.187. The standard InChI is InChI=1S/C20H23FN2/c21-18-12-10-17(11-13-18)6-4-14-23-15-5-9-20(16-23)22-19-7-2-1-3-8-19/h1-4,6-8,10-13,20,22H,5,9,14-16H2/b6-4+/t20-/m0/s1. The number of nitrogens with zero attached hydrogens (tertiary/aromatic N) is 1. The highest BCUT2D eigenvalue weighted by Crippen LogP contribution is 2.16. The van der Waals surface area contributed by atoms with E-state index in [1.807, 2.05) is 18.2 Å². The first-order valence-electron chi connectivity index (χ1n) is 8.26. The number of halogens is 1. The molecule has 0 aromatic heterocycles. The topological polar surface area (TPSA) is 15.3 Å². The van der Waals surface area contributed by atoms with Gasteiger partial charge in [0.1, 0.15) is 5.82 Å². The molecule has 23 heavy (non-hydrogen) atoms. The summed E-state index contributed by atoms with van der Waals surface area (Å²) in [7, 11) is 0. The van der Waals surface area contributed by atoms with Gasteiger partial charge in [-0.05, 0) is 49.2 Å². The molecule has 0 radical (unpaired) electrons. The van der Waals surface area contributed by atoms with E-state index in [9.17, 15) is 4.39 Å². The summed E-state index contributed by atoms with van der Waals surface area (Å²) in [5, 5.41) is 3.62. The Kier molecular flexibility index (Phi) is 5.43. The fourth-order valence-corrected chi connectivity index (χ4v) is 3.02. The van der Waals surface area contributed by atoms with E-state index >= 15 is 0 Å². The molecule has 2 aromatic carbocycles. The van der Waals surface area contributed by atoms with Crippen LogP contribution in [0.3, 0.4) is 0 Å². The lowest BCUT2D eigenvalue weighted by atomic mass is 10.1. The van der Waals surface area contributed by atoms with Crippen LogP contribution in [0.4, 0.5) is 10.1 Å². The molecule has 1 aliphatic rings. The van der Waals surface area contributed by atoms with Crippen molar-refractivity contribution in [1.82, 2.24) is 4.90 Å². The summed E-state index contributed by atoms with van der Waals surface area (Å²) in [6.07, 6.45) is 6.66. The predicted molar refractivity (Wildman–Crippen MR) is 95.0 cm³/mol. The van der Waals surface area contributed by atoms with E-state index in [2.05, 4.69) is 46.6 Å². The highest BCUT2D eigenvalue weighted by atomic mass is 19.1. The van der Waals surface area contributed by atoms with Gasteiger partial charge in [-0.2, -0.15) is 0 Å². The van der Waals surface area contributed by atoms with Crippen molar-refractivity contribution in [1.29, 1.82) is 0 Å². The van der Waals surface area contributed by atoms with Crippen molar-refractivity contribution in [2.24, 2.45) is 0 Å². The molecule has 1 N–H and O–H groups in total. The van der Waals surface area contributed by atoms with Gasteiger partial charge in [-0.1, -0.05) is 42.5 Å². The molecular weight excluding hydrogens is 287 g/mol. The second kappa shape index (κ2) is 7.93. The van der Waals surface area contributed by atoms with E-state index in [1.165, 1.54) is 30.7 Å². The molecule has 0 aliphatic carbocycles. The molecule has 0 bridgehead atoms. The Hall–Kier alpha value is -2.13. The summed E-state index contributed by atoms with van der Waals surface area (Å²) >= 11 is 0. The van der Waals surface area contributed by atoms with E-state index in [1.54, 1.807) is 0 Å². The summed E-state index contributed by atoms with van der Waals surface area (Å²) < 4.78 is 12.9. The summed E-state index contributed by atoms with van der Waals surface area (Å²) in [4.78, 5) is 2.46. The highest BCUT2D eigenvalue weighted by molar-refractivity contribution is 5.49. The van der Waals surface area contributed by atoms with E-state index in [4.69, 9.17) is 0 Å². The highest BCUT2D eigenvalue weighted by Gasteiger charge is 2.18. The van der Waals surface area contributed by atoms with Crippen molar-refractivity contribution < 1.29 is 4.39 Å². The summed E-state index contributed by atoms with van der Waals surface area (Å²) in [5.41, 5.74) is 2.24. The minimum Gasteiger partial charge on any atom is -0.381 e. The number of nitrogens with one attached hydrogen (secondary N) is 1. The van der Waals surface area contributed by atoms with Crippen LogP contribution < -0.4 is 5.32 Å². The normalized spacial score (nSPS) is 19.1. The zero-order valence-electron chi connectivity index (χ0n) is 13.3. The fourth-order valence-electron chi connectivity index (χ4n) is 3.02. The molecule has 3 rings (SSSR count). The van der Waals surface area contributed by atoms with E-state index in [-0.39, 0.29) is 5.82 Å². The zero-order chi connectivity index (χ0) is 15.9. The van der Waals surface area contributed by atoms with Crippen LogP contribution in [0.2, 0.25) is 0 Å². The van der Waals surface area contributed by atoms with Crippen LogP contribution in [-0.2, 0) is 0 Å². The second-order valence-corrected chi connectivity index (χ2v) is 6.06. The lowest BCUT2D eigenvalue weighted by Crippen LogP contribution is -2.42. The lowest BCUT2D eigenvalue weighted by molar-refractivity contribution is 0.237. The molecule has 3 heteroatoms. The summed E-state index contributed by atoms with van der Waals surface area (Å²) in [6.45, 7) is 3.13. The van der Waals surface area contributed by atoms with Gasteiger partial charge in [0.05, 0.1) is 0 Å². The Morgan fingerprint density at radius 1 is 1.09 bits per heavy atom. The maximum Gasteiger partial charge on any atom is 0.123 e. The first kappa shape index (κ1) is 15.8. The van der Waals surface area contributed by atoms with Crippen LogP contribution in [-0.4, -0.2) is 30.6 Å². The predicted octanol–water partition coefficient (Wildman–Crippen LogP) is 4.42. The Morgan fingerprint density at radius 3 is 2.65 bits per heavy atom. The van der Waals surface area contributed by atoms with Crippen LogP contribution >= 0.6 is 0 Å². The molecule has 0 unspecified atom stereocenters. The van der Waals surface area contributed by atoms with Gasteiger partial charge in [0.2, 0.25) is 0 Å². The monoisotopic (exact) mass is 310 g/mol. The van der Waals surface area contributed by atoms with E-state index < -0.39 is 0 Å². The fraction of sp³-hybridized carbons (Fsp3) is 0.300. The number of piperidine rings is 1. The number of rotatable bonds is 5.